The van der Waals surface area contributed by atoms with E-state index in [1.54, 1.807) is 6.20 Å². The summed E-state index contributed by atoms with van der Waals surface area (Å²) in [5, 5.41) is 10.1. The van der Waals surface area contributed by atoms with Crippen LogP contribution < -0.4 is 4.74 Å². The molecular weight excluding hydrogens is 406 g/mol. The molecule has 162 valence electrons. The molecule has 0 radical (unpaired) electrons. The van der Waals surface area contributed by atoms with E-state index in [2.05, 4.69) is 49.2 Å². The Kier molecular flexibility index (Phi) is 6.92. The van der Waals surface area contributed by atoms with Gasteiger partial charge in [0.1, 0.15) is 12.7 Å². The first-order chi connectivity index (χ1) is 16.2. The number of nitrogens with zero attached hydrogens (tertiary/aromatic N) is 3. The standard InChI is InChI=1S/C29H25N3O/c1-3-25-18-24(16-15-22-13-11-21(2)12-14-22)27(19-30)28(32-25)26-10-7-17-31-29(26)33-20-23-8-5-4-6-9-23/h4-18H,3,20H2,1-2H3/b16-15+. The van der Waals surface area contributed by atoms with Gasteiger partial charge < -0.3 is 4.74 Å². The SMILES string of the molecule is CCc1cc(/C=C/c2ccc(C)cc2)c(C#N)c(-c2cccnc2OCc2ccccc2)n1. The smallest absolute Gasteiger partial charge is 0.223 e. The zero-order valence-electron chi connectivity index (χ0n) is 18.8. The van der Waals surface area contributed by atoms with E-state index in [4.69, 9.17) is 9.72 Å². The largest absolute Gasteiger partial charge is 0.472 e. The zero-order chi connectivity index (χ0) is 23.0. The van der Waals surface area contributed by atoms with Gasteiger partial charge in [-0.25, -0.2) is 4.98 Å². The second kappa shape index (κ2) is 10.4. The Morgan fingerprint density at radius 3 is 2.48 bits per heavy atom. The van der Waals surface area contributed by atoms with Crippen LogP contribution in [0.5, 0.6) is 5.88 Å². The van der Waals surface area contributed by atoms with Crippen molar-refractivity contribution in [3.63, 3.8) is 0 Å². The molecule has 0 saturated carbocycles. The predicted octanol–water partition coefficient (Wildman–Crippen LogP) is 6.64. The second-order valence-corrected chi connectivity index (χ2v) is 7.77. The number of rotatable bonds is 7. The van der Waals surface area contributed by atoms with E-state index in [-0.39, 0.29) is 0 Å². The second-order valence-electron chi connectivity index (χ2n) is 7.77. The third kappa shape index (κ3) is 5.34. The normalized spacial score (nSPS) is 10.8. The Hall–Kier alpha value is -4.23. The lowest BCUT2D eigenvalue weighted by molar-refractivity contribution is 0.295. The summed E-state index contributed by atoms with van der Waals surface area (Å²) in [6, 6.07) is 26.3. The Morgan fingerprint density at radius 1 is 0.970 bits per heavy atom. The molecule has 0 N–H and O–H groups in total. The van der Waals surface area contributed by atoms with Crippen molar-refractivity contribution < 1.29 is 4.74 Å². The van der Waals surface area contributed by atoms with Crippen LogP contribution in [0.25, 0.3) is 23.4 Å². The van der Waals surface area contributed by atoms with Gasteiger partial charge in [-0.2, -0.15) is 5.26 Å². The molecule has 0 amide bonds. The Labute approximate surface area is 194 Å². The van der Waals surface area contributed by atoms with E-state index in [1.807, 2.05) is 60.7 Å². The molecule has 0 atom stereocenters. The Balaban J connectivity index is 1.74. The van der Waals surface area contributed by atoms with Crippen molar-refractivity contribution in [2.75, 3.05) is 0 Å². The van der Waals surface area contributed by atoms with Gasteiger partial charge in [-0.3, -0.25) is 4.98 Å². The minimum absolute atomic E-state index is 0.389. The van der Waals surface area contributed by atoms with E-state index in [1.165, 1.54) is 5.56 Å². The molecule has 4 heteroatoms. The molecule has 0 unspecified atom stereocenters. The fourth-order valence-corrected chi connectivity index (χ4v) is 3.52. The van der Waals surface area contributed by atoms with Gasteiger partial charge >= 0.3 is 0 Å². The highest BCUT2D eigenvalue weighted by Gasteiger charge is 2.17. The van der Waals surface area contributed by atoms with Gasteiger partial charge in [0.25, 0.3) is 0 Å². The van der Waals surface area contributed by atoms with Crippen LogP contribution in [-0.2, 0) is 13.0 Å². The molecule has 0 aliphatic heterocycles. The quantitative estimate of drug-likeness (QED) is 0.329. The molecule has 0 aliphatic rings. The number of hydrogen-bond donors (Lipinski definition) is 0. The number of hydrogen-bond acceptors (Lipinski definition) is 4. The van der Waals surface area contributed by atoms with Gasteiger partial charge in [-0.05, 0) is 48.2 Å². The van der Waals surface area contributed by atoms with Crippen molar-refractivity contribution in [2.45, 2.75) is 26.9 Å². The van der Waals surface area contributed by atoms with E-state index >= 15 is 0 Å². The summed E-state index contributed by atoms with van der Waals surface area (Å²) in [4.78, 5) is 9.24. The van der Waals surface area contributed by atoms with Crippen LogP contribution in [0.4, 0.5) is 0 Å². The number of ether oxygens (including phenoxy) is 1. The summed E-state index contributed by atoms with van der Waals surface area (Å²) in [6.07, 6.45) is 6.45. The zero-order valence-corrected chi connectivity index (χ0v) is 18.8. The molecule has 2 aromatic carbocycles. The topological polar surface area (TPSA) is 58.8 Å². The summed E-state index contributed by atoms with van der Waals surface area (Å²) < 4.78 is 6.05. The molecule has 2 aromatic heterocycles. The monoisotopic (exact) mass is 431 g/mol. The van der Waals surface area contributed by atoms with Crippen molar-refractivity contribution in [2.24, 2.45) is 0 Å². The lowest BCUT2D eigenvalue weighted by Crippen LogP contribution is -2.03. The molecule has 4 aromatic rings. The van der Waals surface area contributed by atoms with E-state index in [0.29, 0.717) is 29.3 Å². The maximum atomic E-state index is 10.1. The van der Waals surface area contributed by atoms with Crippen molar-refractivity contribution in [3.8, 4) is 23.2 Å². The Bertz CT molecular complexity index is 1300. The molecule has 4 rings (SSSR count). The molecule has 2 heterocycles. The van der Waals surface area contributed by atoms with E-state index < -0.39 is 0 Å². The van der Waals surface area contributed by atoms with Crippen molar-refractivity contribution >= 4 is 12.2 Å². The lowest BCUT2D eigenvalue weighted by atomic mass is 9.99. The van der Waals surface area contributed by atoms with Crippen molar-refractivity contribution in [1.82, 2.24) is 9.97 Å². The predicted molar refractivity (Wildman–Crippen MR) is 132 cm³/mol. The first-order valence-electron chi connectivity index (χ1n) is 11.0. The summed E-state index contributed by atoms with van der Waals surface area (Å²) >= 11 is 0. The van der Waals surface area contributed by atoms with E-state index in [0.717, 1.165) is 28.8 Å². The first-order valence-corrected chi connectivity index (χ1v) is 11.0. The highest BCUT2D eigenvalue weighted by molar-refractivity contribution is 5.80. The molecule has 0 spiro atoms. The Morgan fingerprint density at radius 2 is 1.76 bits per heavy atom. The third-order valence-electron chi connectivity index (χ3n) is 5.35. The number of nitriles is 1. The van der Waals surface area contributed by atoms with Gasteiger partial charge in [-0.15, -0.1) is 0 Å². The minimum atomic E-state index is 0.389. The van der Waals surface area contributed by atoms with Gasteiger partial charge in [0.2, 0.25) is 5.88 Å². The maximum Gasteiger partial charge on any atom is 0.223 e. The summed E-state index contributed by atoms with van der Waals surface area (Å²) in [7, 11) is 0. The van der Waals surface area contributed by atoms with Gasteiger partial charge in [0, 0.05) is 11.9 Å². The number of pyridine rings is 2. The van der Waals surface area contributed by atoms with Crippen LogP contribution in [-0.4, -0.2) is 9.97 Å². The highest BCUT2D eigenvalue weighted by atomic mass is 16.5. The van der Waals surface area contributed by atoms with Crippen LogP contribution in [0.3, 0.4) is 0 Å². The van der Waals surface area contributed by atoms with Gasteiger partial charge in [-0.1, -0.05) is 79.2 Å². The first kappa shape index (κ1) is 22.0. The summed E-state index contributed by atoms with van der Waals surface area (Å²) in [5.74, 6) is 0.465. The van der Waals surface area contributed by atoms with Crippen LogP contribution in [0.2, 0.25) is 0 Å². The van der Waals surface area contributed by atoms with Crippen LogP contribution >= 0.6 is 0 Å². The minimum Gasteiger partial charge on any atom is -0.472 e. The summed E-state index contributed by atoms with van der Waals surface area (Å²) in [5.41, 5.74) is 6.89. The molecule has 0 fully saturated rings. The number of benzene rings is 2. The van der Waals surface area contributed by atoms with E-state index in [9.17, 15) is 5.26 Å². The van der Waals surface area contributed by atoms with Crippen LogP contribution in [0.1, 0.15) is 40.4 Å². The maximum absolute atomic E-state index is 10.1. The van der Waals surface area contributed by atoms with Crippen molar-refractivity contribution in [1.29, 1.82) is 5.26 Å². The fraction of sp³-hybridized carbons (Fsp3) is 0.138. The molecule has 33 heavy (non-hydrogen) atoms. The average Bonchev–Trinajstić information content (AvgIpc) is 2.87. The molecule has 0 saturated heterocycles. The molecular formula is C29H25N3O. The summed E-state index contributed by atoms with van der Waals surface area (Å²) in [6.45, 7) is 4.51. The van der Waals surface area contributed by atoms with Crippen LogP contribution in [0.15, 0.2) is 79.0 Å². The number of aromatic nitrogens is 2. The molecule has 0 aliphatic carbocycles. The van der Waals surface area contributed by atoms with Crippen LogP contribution in [0, 0.1) is 18.3 Å². The molecule has 4 nitrogen and oxygen atoms in total. The van der Waals surface area contributed by atoms with Crippen molar-refractivity contribution in [3.05, 3.63) is 113 Å². The molecule has 0 bridgehead atoms. The van der Waals surface area contributed by atoms with Gasteiger partial charge in [0.15, 0.2) is 0 Å². The third-order valence-corrected chi connectivity index (χ3v) is 5.35. The average molecular weight is 432 g/mol. The lowest BCUT2D eigenvalue weighted by Gasteiger charge is -2.13. The fourth-order valence-electron chi connectivity index (χ4n) is 3.52. The van der Waals surface area contributed by atoms with Gasteiger partial charge in [0.05, 0.1) is 16.8 Å². The highest BCUT2D eigenvalue weighted by Crippen LogP contribution is 2.32. The number of aryl methyl sites for hydroxylation is 2.